The second-order valence-corrected chi connectivity index (χ2v) is 8.53. The Balaban J connectivity index is 1.44. The van der Waals surface area contributed by atoms with E-state index in [9.17, 15) is 14.7 Å². The third kappa shape index (κ3) is 9.35. The van der Waals surface area contributed by atoms with E-state index >= 15 is 0 Å². The number of hydrogen-bond acceptors (Lipinski definition) is 6. The zero-order valence-corrected chi connectivity index (χ0v) is 19.2. The number of nitrogens with zero attached hydrogens (tertiary/aromatic N) is 4. The maximum absolute atomic E-state index is 12.4. The van der Waals surface area contributed by atoms with Crippen LogP contribution in [-0.2, 0) is 9.59 Å². The molecule has 2 amide bonds. The predicted molar refractivity (Wildman–Crippen MR) is 119 cm³/mol. The Kier molecular flexibility index (Phi) is 11.5. The van der Waals surface area contributed by atoms with Crippen LogP contribution < -0.4 is 10.6 Å². The van der Waals surface area contributed by atoms with Gasteiger partial charge in [-0.3, -0.25) is 9.59 Å². The Bertz CT molecular complexity index is 657. The first-order valence-corrected chi connectivity index (χ1v) is 11.8. The standard InChI is InChI=1S/C22H40N6O3/c1-18-17-28(26-25-18)21(19(2)29)22(31)24-12-10-8-6-4-3-5-7-9-11-20(30)27-15-13-23-14-16-27/h17,19,21,23,29H,3-16H2,1-2H3,(H,24,31)/t19-,21+/m1/s1. The van der Waals surface area contributed by atoms with Crippen molar-refractivity contribution in [1.29, 1.82) is 0 Å². The van der Waals surface area contributed by atoms with Crippen LogP contribution in [-0.4, -0.2) is 75.6 Å². The summed E-state index contributed by atoms with van der Waals surface area (Å²) in [7, 11) is 0. The van der Waals surface area contributed by atoms with E-state index in [1.54, 1.807) is 20.0 Å². The van der Waals surface area contributed by atoms with Crippen molar-refractivity contribution in [3.63, 3.8) is 0 Å². The number of aliphatic hydroxyl groups is 1. The van der Waals surface area contributed by atoms with Crippen molar-refractivity contribution in [3.8, 4) is 0 Å². The minimum absolute atomic E-state index is 0.227. The number of aromatic nitrogens is 3. The highest BCUT2D eigenvalue weighted by molar-refractivity contribution is 5.80. The molecule has 0 saturated carbocycles. The number of aliphatic hydroxyl groups excluding tert-OH is 1. The Morgan fingerprint density at radius 3 is 2.29 bits per heavy atom. The molecule has 1 saturated heterocycles. The van der Waals surface area contributed by atoms with Crippen LogP contribution in [0, 0.1) is 6.92 Å². The molecular weight excluding hydrogens is 396 g/mol. The fourth-order valence-electron chi connectivity index (χ4n) is 3.91. The minimum atomic E-state index is -0.840. The number of carbonyl (C=O) groups is 2. The van der Waals surface area contributed by atoms with Crippen LogP contribution >= 0.6 is 0 Å². The van der Waals surface area contributed by atoms with Crippen molar-refractivity contribution in [3.05, 3.63) is 11.9 Å². The molecule has 0 aromatic carbocycles. The molecule has 31 heavy (non-hydrogen) atoms. The molecule has 2 heterocycles. The monoisotopic (exact) mass is 436 g/mol. The van der Waals surface area contributed by atoms with Crippen LogP contribution in [0.1, 0.15) is 76.4 Å². The Labute approximate surface area is 185 Å². The van der Waals surface area contributed by atoms with Crippen molar-refractivity contribution in [2.75, 3.05) is 32.7 Å². The normalized spacial score (nSPS) is 16.2. The zero-order valence-electron chi connectivity index (χ0n) is 19.2. The maximum Gasteiger partial charge on any atom is 0.247 e. The number of amides is 2. The third-order valence-electron chi connectivity index (χ3n) is 5.72. The SMILES string of the molecule is Cc1cn([C@H](C(=O)NCCCCCCCCCCC(=O)N2CCNCC2)[C@@H](C)O)nn1. The number of aryl methyl sites for hydroxylation is 1. The van der Waals surface area contributed by atoms with Gasteiger partial charge in [-0.05, 0) is 26.7 Å². The van der Waals surface area contributed by atoms with Crippen LogP contribution in [0.2, 0.25) is 0 Å². The lowest BCUT2D eigenvalue weighted by Crippen LogP contribution is -2.46. The van der Waals surface area contributed by atoms with Crippen LogP contribution in [0.15, 0.2) is 6.20 Å². The highest BCUT2D eigenvalue weighted by atomic mass is 16.3. The van der Waals surface area contributed by atoms with Crippen molar-refractivity contribution in [1.82, 2.24) is 30.5 Å². The van der Waals surface area contributed by atoms with Gasteiger partial charge in [0.15, 0.2) is 6.04 Å². The summed E-state index contributed by atoms with van der Waals surface area (Å²) >= 11 is 0. The van der Waals surface area contributed by atoms with Crippen molar-refractivity contribution >= 4 is 11.8 Å². The summed E-state index contributed by atoms with van der Waals surface area (Å²) in [6.07, 6.45) is 10.3. The average molecular weight is 437 g/mol. The molecule has 9 nitrogen and oxygen atoms in total. The molecule has 0 unspecified atom stereocenters. The van der Waals surface area contributed by atoms with E-state index < -0.39 is 12.1 Å². The summed E-state index contributed by atoms with van der Waals surface area (Å²) in [5.41, 5.74) is 0.713. The van der Waals surface area contributed by atoms with Gasteiger partial charge in [0.25, 0.3) is 0 Å². The Hall–Kier alpha value is -2.00. The van der Waals surface area contributed by atoms with E-state index in [4.69, 9.17) is 0 Å². The molecule has 1 aliphatic rings. The second-order valence-electron chi connectivity index (χ2n) is 8.53. The van der Waals surface area contributed by atoms with E-state index in [0.29, 0.717) is 24.6 Å². The van der Waals surface area contributed by atoms with Crippen molar-refractivity contribution in [2.24, 2.45) is 0 Å². The van der Waals surface area contributed by atoms with E-state index in [2.05, 4.69) is 20.9 Å². The third-order valence-corrected chi connectivity index (χ3v) is 5.72. The molecular formula is C22H40N6O3. The fourth-order valence-corrected chi connectivity index (χ4v) is 3.91. The topological polar surface area (TPSA) is 112 Å². The Morgan fingerprint density at radius 2 is 1.71 bits per heavy atom. The molecule has 3 N–H and O–H groups in total. The van der Waals surface area contributed by atoms with Gasteiger partial charge in [0.1, 0.15) is 0 Å². The number of hydrogen-bond donors (Lipinski definition) is 3. The lowest BCUT2D eigenvalue weighted by molar-refractivity contribution is -0.132. The lowest BCUT2D eigenvalue weighted by atomic mass is 10.1. The van der Waals surface area contributed by atoms with Gasteiger partial charge in [0, 0.05) is 45.3 Å². The van der Waals surface area contributed by atoms with Gasteiger partial charge in [-0.25, -0.2) is 4.68 Å². The van der Waals surface area contributed by atoms with Crippen LogP contribution in [0.5, 0.6) is 0 Å². The van der Waals surface area contributed by atoms with E-state index in [0.717, 1.165) is 58.3 Å². The highest BCUT2D eigenvalue weighted by Crippen LogP contribution is 2.13. The highest BCUT2D eigenvalue weighted by Gasteiger charge is 2.26. The molecule has 1 aromatic rings. The van der Waals surface area contributed by atoms with Crippen LogP contribution in [0.3, 0.4) is 0 Å². The van der Waals surface area contributed by atoms with Gasteiger partial charge >= 0.3 is 0 Å². The lowest BCUT2D eigenvalue weighted by Gasteiger charge is -2.27. The van der Waals surface area contributed by atoms with E-state index in [1.807, 2.05) is 4.90 Å². The molecule has 176 valence electrons. The molecule has 2 atom stereocenters. The number of nitrogens with one attached hydrogen (secondary N) is 2. The minimum Gasteiger partial charge on any atom is -0.391 e. The molecule has 0 radical (unpaired) electrons. The molecule has 0 aliphatic carbocycles. The predicted octanol–water partition coefficient (Wildman–Crippen LogP) is 1.57. The number of piperazine rings is 1. The first kappa shape index (κ1) is 25.3. The molecule has 2 rings (SSSR count). The van der Waals surface area contributed by atoms with E-state index in [1.165, 1.54) is 23.9 Å². The molecule has 0 bridgehead atoms. The first-order chi connectivity index (χ1) is 15.0. The molecule has 0 spiro atoms. The Morgan fingerprint density at radius 1 is 1.10 bits per heavy atom. The van der Waals surface area contributed by atoms with Gasteiger partial charge in [0.2, 0.25) is 11.8 Å². The van der Waals surface area contributed by atoms with Gasteiger partial charge in [0.05, 0.1) is 11.8 Å². The van der Waals surface area contributed by atoms with Crippen molar-refractivity contribution in [2.45, 2.75) is 83.8 Å². The summed E-state index contributed by atoms with van der Waals surface area (Å²) in [6, 6.07) is -0.750. The molecule has 1 aliphatic heterocycles. The number of rotatable bonds is 14. The largest absolute Gasteiger partial charge is 0.391 e. The summed E-state index contributed by atoms with van der Waals surface area (Å²) in [4.78, 5) is 26.5. The van der Waals surface area contributed by atoms with Gasteiger partial charge in [-0.15, -0.1) is 5.10 Å². The average Bonchev–Trinajstić information content (AvgIpc) is 3.17. The van der Waals surface area contributed by atoms with Crippen molar-refractivity contribution < 1.29 is 14.7 Å². The quantitative estimate of drug-likeness (QED) is 0.382. The van der Waals surface area contributed by atoms with E-state index in [-0.39, 0.29) is 5.91 Å². The molecule has 9 heteroatoms. The maximum atomic E-state index is 12.4. The second kappa shape index (κ2) is 14.1. The fraction of sp³-hybridized carbons (Fsp3) is 0.818. The van der Waals surface area contributed by atoms with Crippen LogP contribution in [0.25, 0.3) is 0 Å². The summed E-state index contributed by atoms with van der Waals surface area (Å²) < 4.78 is 1.42. The van der Waals surface area contributed by atoms with Gasteiger partial charge in [-0.1, -0.05) is 43.7 Å². The van der Waals surface area contributed by atoms with Gasteiger partial charge in [-0.2, -0.15) is 0 Å². The summed E-state index contributed by atoms with van der Waals surface area (Å²) in [6.45, 7) is 7.51. The molecule has 1 fully saturated rings. The zero-order chi connectivity index (χ0) is 22.5. The molecule has 1 aromatic heterocycles. The summed E-state index contributed by atoms with van der Waals surface area (Å²) in [5, 5.41) is 23.9. The van der Waals surface area contributed by atoms with Gasteiger partial charge < -0.3 is 20.6 Å². The van der Waals surface area contributed by atoms with Crippen LogP contribution in [0.4, 0.5) is 0 Å². The first-order valence-electron chi connectivity index (χ1n) is 11.8. The number of carbonyl (C=O) groups excluding carboxylic acids is 2. The smallest absolute Gasteiger partial charge is 0.247 e. The summed E-state index contributed by atoms with van der Waals surface area (Å²) in [5.74, 6) is 0.0793. The number of unbranched alkanes of at least 4 members (excludes halogenated alkanes) is 7.